The van der Waals surface area contributed by atoms with E-state index in [1.54, 1.807) is 24.3 Å². The van der Waals surface area contributed by atoms with Gasteiger partial charge in [0.1, 0.15) is 0 Å². The van der Waals surface area contributed by atoms with Gasteiger partial charge in [-0.2, -0.15) is 0 Å². The van der Waals surface area contributed by atoms with E-state index in [2.05, 4.69) is 0 Å². The zero-order valence-electron chi connectivity index (χ0n) is 17.5. The van der Waals surface area contributed by atoms with Crippen LogP contribution in [0.1, 0.15) is 22.3 Å². The second-order valence-corrected chi connectivity index (χ2v) is 7.73. The van der Waals surface area contributed by atoms with Gasteiger partial charge in [-0.25, -0.2) is 0 Å². The van der Waals surface area contributed by atoms with E-state index in [4.69, 9.17) is 9.47 Å². The lowest BCUT2D eigenvalue weighted by molar-refractivity contribution is -0.385. The number of benzene rings is 2. The van der Waals surface area contributed by atoms with Crippen LogP contribution in [0.4, 0.5) is 11.4 Å². The third-order valence-corrected chi connectivity index (χ3v) is 5.80. The van der Waals surface area contributed by atoms with Crippen molar-refractivity contribution in [2.75, 3.05) is 45.0 Å². The van der Waals surface area contributed by atoms with Crippen molar-refractivity contribution in [1.82, 2.24) is 4.90 Å². The number of ether oxygens (including phenoxy) is 2. The highest BCUT2D eigenvalue weighted by molar-refractivity contribution is 6.10. The van der Waals surface area contributed by atoms with Gasteiger partial charge in [0.15, 0.2) is 17.1 Å². The van der Waals surface area contributed by atoms with E-state index in [1.165, 1.54) is 24.1 Å². The number of morpholine rings is 1. The highest BCUT2D eigenvalue weighted by Crippen LogP contribution is 2.43. The van der Waals surface area contributed by atoms with Crippen LogP contribution < -0.4 is 9.64 Å². The van der Waals surface area contributed by atoms with Crippen LogP contribution in [0.5, 0.6) is 5.75 Å². The molecule has 2 aromatic carbocycles. The largest absolute Gasteiger partial charge is 0.490 e. The fraction of sp³-hybridized carbons (Fsp3) is 0.364. The number of nitrogens with zero attached hydrogens (tertiary/aromatic N) is 3. The molecule has 0 radical (unpaired) electrons. The predicted octanol–water partition coefficient (Wildman–Crippen LogP) is 1.70. The van der Waals surface area contributed by atoms with Gasteiger partial charge in [-0.15, -0.1) is 0 Å². The lowest BCUT2D eigenvalue weighted by atomic mass is 9.88. The van der Waals surface area contributed by atoms with Crippen molar-refractivity contribution in [1.29, 1.82) is 0 Å². The summed E-state index contributed by atoms with van der Waals surface area (Å²) in [6.45, 7) is 2.69. The van der Waals surface area contributed by atoms with Crippen LogP contribution in [-0.2, 0) is 15.1 Å². The number of rotatable bonds is 7. The number of anilines is 1. The van der Waals surface area contributed by atoms with Gasteiger partial charge in [-0.05, 0) is 18.2 Å². The second-order valence-electron chi connectivity index (χ2n) is 7.73. The van der Waals surface area contributed by atoms with Gasteiger partial charge in [0.25, 0.3) is 5.91 Å². The molecule has 2 aromatic rings. The quantitative estimate of drug-likeness (QED) is 0.391. The van der Waals surface area contributed by atoms with Gasteiger partial charge >= 0.3 is 5.69 Å². The van der Waals surface area contributed by atoms with Crippen LogP contribution in [0, 0.1) is 10.1 Å². The molecular formula is C22H23N3O7. The molecule has 0 aliphatic carbocycles. The Balaban J connectivity index is 1.63. The minimum atomic E-state index is -2.06. The summed E-state index contributed by atoms with van der Waals surface area (Å²) in [5.74, 6) is -1.17. The Morgan fingerprint density at radius 2 is 1.97 bits per heavy atom. The number of carbonyl (C=O) groups excluding carboxylic acids is 2. The fourth-order valence-corrected chi connectivity index (χ4v) is 4.10. The van der Waals surface area contributed by atoms with Gasteiger partial charge in [0.05, 0.1) is 44.0 Å². The molecule has 1 N–H and O–H groups in total. The zero-order valence-corrected chi connectivity index (χ0v) is 17.5. The Kier molecular flexibility index (Phi) is 5.92. The maximum Gasteiger partial charge on any atom is 0.311 e. The van der Waals surface area contributed by atoms with E-state index < -0.39 is 28.6 Å². The molecule has 168 valence electrons. The maximum absolute atomic E-state index is 13.3. The van der Waals surface area contributed by atoms with Crippen LogP contribution in [0.2, 0.25) is 0 Å². The van der Waals surface area contributed by atoms with Gasteiger partial charge < -0.3 is 14.6 Å². The summed E-state index contributed by atoms with van der Waals surface area (Å²) in [6, 6.07) is 10.6. The standard InChI is InChI=1S/C22H23N3O7/c1-31-20-7-6-15(12-18(20)25(29)30)19(26)13-22(28)16-4-2-3-5-17(16)24(21(22)27)14-23-8-10-32-11-9-23/h2-7,12,28H,8-11,13-14H2,1H3/t22-/m0/s1. The molecule has 10 heteroatoms. The number of hydrogen-bond acceptors (Lipinski definition) is 8. The normalized spacial score (nSPS) is 20.8. The second kappa shape index (κ2) is 8.65. The van der Waals surface area contributed by atoms with E-state index in [-0.39, 0.29) is 23.7 Å². The summed E-state index contributed by atoms with van der Waals surface area (Å²) >= 11 is 0. The number of para-hydroxylation sites is 1. The molecule has 4 rings (SSSR count). The van der Waals surface area contributed by atoms with Crippen molar-refractivity contribution >= 4 is 23.1 Å². The zero-order chi connectivity index (χ0) is 22.9. The third-order valence-electron chi connectivity index (χ3n) is 5.80. The van der Waals surface area contributed by atoms with Gasteiger partial charge in [-0.3, -0.25) is 29.5 Å². The number of carbonyl (C=O) groups is 2. The molecule has 1 amide bonds. The number of aliphatic hydroxyl groups is 1. The Bertz CT molecular complexity index is 1070. The highest BCUT2D eigenvalue weighted by Gasteiger charge is 2.51. The smallest absolute Gasteiger partial charge is 0.311 e. The summed E-state index contributed by atoms with van der Waals surface area (Å²) in [5, 5.41) is 22.7. The minimum absolute atomic E-state index is 0.0165. The first-order valence-corrected chi connectivity index (χ1v) is 10.1. The van der Waals surface area contributed by atoms with Crippen molar-refractivity contribution < 1.29 is 29.1 Å². The van der Waals surface area contributed by atoms with E-state index in [0.29, 0.717) is 37.6 Å². The minimum Gasteiger partial charge on any atom is -0.490 e. The molecule has 2 aliphatic heterocycles. The van der Waals surface area contributed by atoms with Crippen LogP contribution in [0.15, 0.2) is 42.5 Å². The van der Waals surface area contributed by atoms with E-state index in [1.807, 2.05) is 4.90 Å². The fourth-order valence-electron chi connectivity index (χ4n) is 4.10. The SMILES string of the molecule is COc1ccc(C(=O)C[C@@]2(O)C(=O)N(CN3CCOCC3)c3ccccc32)cc1[N+](=O)[O-]. The molecule has 2 aliphatic rings. The number of ketones is 1. The van der Waals surface area contributed by atoms with Crippen molar-refractivity contribution in [3.05, 3.63) is 63.7 Å². The topological polar surface area (TPSA) is 122 Å². The summed E-state index contributed by atoms with van der Waals surface area (Å²) in [7, 11) is 1.30. The summed E-state index contributed by atoms with van der Waals surface area (Å²) in [6.07, 6.45) is -0.536. The monoisotopic (exact) mass is 441 g/mol. The molecule has 0 aromatic heterocycles. The number of nitro benzene ring substituents is 1. The van der Waals surface area contributed by atoms with Gasteiger partial charge in [0, 0.05) is 30.3 Å². The van der Waals surface area contributed by atoms with Crippen LogP contribution in [0.3, 0.4) is 0 Å². The summed E-state index contributed by atoms with van der Waals surface area (Å²) < 4.78 is 10.3. The Morgan fingerprint density at radius 1 is 1.25 bits per heavy atom. The number of Topliss-reactive ketones (excluding diaryl/α,β-unsaturated/α-hetero) is 1. The summed E-state index contributed by atoms with van der Waals surface area (Å²) in [4.78, 5) is 40.5. The molecule has 2 heterocycles. The lowest BCUT2D eigenvalue weighted by Crippen LogP contribution is -2.49. The molecule has 0 saturated carbocycles. The maximum atomic E-state index is 13.3. The molecule has 0 unspecified atom stereocenters. The molecule has 32 heavy (non-hydrogen) atoms. The number of nitro groups is 1. The molecule has 1 atom stereocenters. The van der Waals surface area contributed by atoms with Crippen LogP contribution in [0.25, 0.3) is 0 Å². The van der Waals surface area contributed by atoms with E-state index >= 15 is 0 Å². The predicted molar refractivity (Wildman–Crippen MR) is 114 cm³/mol. The Hall–Kier alpha value is -3.34. The highest BCUT2D eigenvalue weighted by atomic mass is 16.6. The Labute approximate surface area is 184 Å². The van der Waals surface area contributed by atoms with E-state index in [9.17, 15) is 24.8 Å². The molecular weight excluding hydrogens is 418 g/mol. The average molecular weight is 441 g/mol. The van der Waals surface area contributed by atoms with Crippen molar-refractivity contribution in [2.24, 2.45) is 0 Å². The molecule has 0 spiro atoms. The number of methoxy groups -OCH3 is 1. The van der Waals surface area contributed by atoms with Crippen LogP contribution in [-0.4, -0.2) is 66.7 Å². The van der Waals surface area contributed by atoms with Crippen LogP contribution >= 0.6 is 0 Å². The van der Waals surface area contributed by atoms with Crippen molar-refractivity contribution in [3.63, 3.8) is 0 Å². The van der Waals surface area contributed by atoms with Crippen molar-refractivity contribution in [2.45, 2.75) is 12.0 Å². The first kappa shape index (κ1) is 21.9. The molecule has 1 saturated heterocycles. The van der Waals surface area contributed by atoms with Gasteiger partial charge in [0.2, 0.25) is 0 Å². The van der Waals surface area contributed by atoms with E-state index in [0.717, 1.165) is 6.07 Å². The Morgan fingerprint density at radius 3 is 2.66 bits per heavy atom. The summed E-state index contributed by atoms with van der Waals surface area (Å²) in [5.41, 5.74) is -1.52. The molecule has 0 bridgehead atoms. The first-order valence-electron chi connectivity index (χ1n) is 10.1. The molecule has 1 fully saturated rings. The van der Waals surface area contributed by atoms with Gasteiger partial charge in [-0.1, -0.05) is 18.2 Å². The lowest BCUT2D eigenvalue weighted by Gasteiger charge is -2.31. The van der Waals surface area contributed by atoms with Crippen molar-refractivity contribution in [3.8, 4) is 5.75 Å². The third kappa shape index (κ3) is 3.83. The number of fused-ring (bicyclic) bond motifs is 1. The number of hydrogen-bond donors (Lipinski definition) is 1. The number of amides is 1. The molecule has 10 nitrogen and oxygen atoms in total. The first-order chi connectivity index (χ1) is 15.3. The average Bonchev–Trinajstić information content (AvgIpc) is 3.01.